The highest BCUT2D eigenvalue weighted by molar-refractivity contribution is 5.86. The summed E-state index contributed by atoms with van der Waals surface area (Å²) in [4.78, 5) is 12.2. The summed E-state index contributed by atoms with van der Waals surface area (Å²) < 4.78 is 0. The number of carbonyl (C=O) groups is 1. The number of nitrogens with one attached hydrogen (secondary N) is 1. The summed E-state index contributed by atoms with van der Waals surface area (Å²) in [5.41, 5.74) is 5.49. The highest BCUT2D eigenvalue weighted by Crippen LogP contribution is 2.26. The van der Waals surface area contributed by atoms with Gasteiger partial charge >= 0.3 is 0 Å². The number of carbonyl (C=O) groups excluding carboxylic acids is 1. The van der Waals surface area contributed by atoms with Crippen LogP contribution in [0.4, 0.5) is 0 Å². The van der Waals surface area contributed by atoms with Crippen LogP contribution in [0.5, 0.6) is 0 Å². The van der Waals surface area contributed by atoms with Crippen molar-refractivity contribution in [2.24, 2.45) is 11.7 Å². The van der Waals surface area contributed by atoms with Crippen molar-refractivity contribution < 1.29 is 9.90 Å². The molecule has 0 saturated heterocycles. The molecule has 0 aromatic heterocycles. The van der Waals surface area contributed by atoms with Gasteiger partial charge in [0.05, 0.1) is 5.54 Å². The zero-order chi connectivity index (χ0) is 12.9. The number of amides is 1. The molecule has 17 heavy (non-hydrogen) atoms. The molecule has 0 spiro atoms. The van der Waals surface area contributed by atoms with Gasteiger partial charge in [-0.1, -0.05) is 33.1 Å². The first-order chi connectivity index (χ1) is 7.99. The smallest absolute Gasteiger partial charge is 0.240 e. The summed E-state index contributed by atoms with van der Waals surface area (Å²) in [6.45, 7) is 4.19. The second-order valence-electron chi connectivity index (χ2n) is 5.55. The lowest BCUT2D eigenvalue weighted by Crippen LogP contribution is -2.57. The maximum atomic E-state index is 12.2. The Morgan fingerprint density at radius 2 is 1.94 bits per heavy atom. The van der Waals surface area contributed by atoms with Crippen LogP contribution in [0.25, 0.3) is 0 Å². The zero-order valence-corrected chi connectivity index (χ0v) is 11.0. The number of aliphatic hydroxyl groups excluding tert-OH is 1. The van der Waals surface area contributed by atoms with Crippen molar-refractivity contribution in [1.29, 1.82) is 0 Å². The van der Waals surface area contributed by atoms with E-state index in [1.807, 2.05) is 13.8 Å². The molecule has 4 nitrogen and oxygen atoms in total. The predicted octanol–water partition coefficient (Wildman–Crippen LogP) is 1.17. The molecule has 4 heteroatoms. The lowest BCUT2D eigenvalue weighted by atomic mass is 9.81. The van der Waals surface area contributed by atoms with Crippen molar-refractivity contribution in [2.75, 3.05) is 6.61 Å². The Bertz CT molecular complexity index is 248. The minimum atomic E-state index is -0.680. The van der Waals surface area contributed by atoms with Crippen LogP contribution in [-0.2, 0) is 4.79 Å². The van der Waals surface area contributed by atoms with E-state index in [0.29, 0.717) is 12.3 Å². The molecule has 4 N–H and O–H groups in total. The van der Waals surface area contributed by atoms with Gasteiger partial charge in [-0.15, -0.1) is 0 Å². The summed E-state index contributed by atoms with van der Waals surface area (Å²) in [7, 11) is 0. The average Bonchev–Trinajstić information content (AvgIpc) is 2.29. The molecule has 0 heterocycles. The van der Waals surface area contributed by atoms with E-state index in [1.165, 1.54) is 6.42 Å². The van der Waals surface area contributed by atoms with Gasteiger partial charge in [0.15, 0.2) is 0 Å². The predicted molar refractivity (Wildman–Crippen MR) is 68.5 cm³/mol. The van der Waals surface area contributed by atoms with Crippen LogP contribution in [0.2, 0.25) is 0 Å². The van der Waals surface area contributed by atoms with E-state index in [0.717, 1.165) is 25.7 Å². The van der Waals surface area contributed by atoms with E-state index in [9.17, 15) is 4.79 Å². The first kappa shape index (κ1) is 14.5. The van der Waals surface area contributed by atoms with E-state index in [4.69, 9.17) is 10.8 Å². The largest absolute Gasteiger partial charge is 0.396 e. The van der Waals surface area contributed by atoms with Crippen LogP contribution in [-0.4, -0.2) is 29.2 Å². The zero-order valence-electron chi connectivity index (χ0n) is 11.0. The molecule has 0 aromatic rings. The first-order valence-corrected chi connectivity index (χ1v) is 6.70. The minimum absolute atomic E-state index is 0.0230. The van der Waals surface area contributed by atoms with E-state index < -0.39 is 5.54 Å². The van der Waals surface area contributed by atoms with Crippen LogP contribution < -0.4 is 11.1 Å². The van der Waals surface area contributed by atoms with Gasteiger partial charge in [-0.2, -0.15) is 0 Å². The van der Waals surface area contributed by atoms with Gasteiger partial charge < -0.3 is 16.2 Å². The number of nitrogens with two attached hydrogens (primary N) is 1. The summed E-state index contributed by atoms with van der Waals surface area (Å²) in [5, 5.41) is 12.0. The van der Waals surface area contributed by atoms with Gasteiger partial charge in [0.1, 0.15) is 0 Å². The van der Waals surface area contributed by atoms with Crippen LogP contribution >= 0.6 is 0 Å². The Hall–Kier alpha value is -0.610. The Morgan fingerprint density at radius 1 is 1.35 bits per heavy atom. The van der Waals surface area contributed by atoms with E-state index in [1.54, 1.807) is 0 Å². The van der Waals surface area contributed by atoms with Gasteiger partial charge in [0, 0.05) is 12.6 Å². The second kappa shape index (κ2) is 6.36. The molecule has 1 aliphatic rings. The van der Waals surface area contributed by atoms with Crippen molar-refractivity contribution in [2.45, 2.75) is 64.0 Å². The standard InChI is InChI=1S/C13H26N2O2/c1-10(2)11(6-9-16)15-12(17)13(14)7-4-3-5-8-13/h10-11,16H,3-9,14H2,1-2H3,(H,15,17). The lowest BCUT2D eigenvalue weighted by Gasteiger charge is -2.34. The summed E-state index contributed by atoms with van der Waals surface area (Å²) in [6, 6.07) is 0.0230. The summed E-state index contributed by atoms with van der Waals surface area (Å²) >= 11 is 0. The van der Waals surface area contributed by atoms with Gasteiger partial charge in [-0.3, -0.25) is 4.79 Å². The molecule has 1 aliphatic carbocycles. The Balaban J connectivity index is 2.56. The van der Waals surface area contributed by atoms with E-state index >= 15 is 0 Å². The quantitative estimate of drug-likeness (QED) is 0.677. The Kier molecular flexibility index (Phi) is 5.40. The van der Waals surface area contributed by atoms with Crippen LogP contribution in [0.1, 0.15) is 52.4 Å². The maximum Gasteiger partial charge on any atom is 0.240 e. The normalized spacial score (nSPS) is 21.2. The number of rotatable bonds is 5. The molecule has 1 amide bonds. The van der Waals surface area contributed by atoms with Gasteiger partial charge in [-0.25, -0.2) is 0 Å². The maximum absolute atomic E-state index is 12.2. The van der Waals surface area contributed by atoms with Crippen molar-refractivity contribution in [3.63, 3.8) is 0 Å². The van der Waals surface area contributed by atoms with Crippen LogP contribution in [0, 0.1) is 5.92 Å². The molecular formula is C13H26N2O2. The van der Waals surface area contributed by atoms with Gasteiger partial charge in [0.25, 0.3) is 0 Å². The minimum Gasteiger partial charge on any atom is -0.396 e. The molecule has 1 unspecified atom stereocenters. The number of hydrogen-bond acceptors (Lipinski definition) is 3. The fourth-order valence-electron chi connectivity index (χ4n) is 2.43. The molecule has 1 atom stereocenters. The van der Waals surface area contributed by atoms with Crippen molar-refractivity contribution in [1.82, 2.24) is 5.32 Å². The van der Waals surface area contributed by atoms with Crippen LogP contribution in [0.3, 0.4) is 0 Å². The molecule has 0 aliphatic heterocycles. The van der Waals surface area contributed by atoms with Crippen molar-refractivity contribution in [3.8, 4) is 0 Å². The fourth-order valence-corrected chi connectivity index (χ4v) is 2.43. The molecule has 0 aromatic carbocycles. The third-order valence-corrected chi connectivity index (χ3v) is 3.76. The Labute approximate surface area is 104 Å². The SMILES string of the molecule is CC(C)C(CCO)NC(=O)C1(N)CCCCC1. The molecule has 1 saturated carbocycles. The molecule has 0 radical (unpaired) electrons. The third-order valence-electron chi connectivity index (χ3n) is 3.76. The fraction of sp³-hybridized carbons (Fsp3) is 0.923. The molecule has 1 rings (SSSR count). The third kappa shape index (κ3) is 3.96. The summed E-state index contributed by atoms with van der Waals surface area (Å²) in [5.74, 6) is 0.280. The molecule has 0 bridgehead atoms. The monoisotopic (exact) mass is 242 g/mol. The number of hydrogen-bond donors (Lipinski definition) is 3. The topological polar surface area (TPSA) is 75.3 Å². The van der Waals surface area contributed by atoms with Crippen LogP contribution in [0.15, 0.2) is 0 Å². The average molecular weight is 242 g/mol. The van der Waals surface area contributed by atoms with Crippen molar-refractivity contribution >= 4 is 5.91 Å². The van der Waals surface area contributed by atoms with Gasteiger partial charge in [-0.05, 0) is 25.2 Å². The molecular weight excluding hydrogens is 216 g/mol. The van der Waals surface area contributed by atoms with E-state index in [-0.39, 0.29) is 18.6 Å². The second-order valence-corrected chi connectivity index (χ2v) is 5.55. The molecule has 1 fully saturated rings. The van der Waals surface area contributed by atoms with Crippen molar-refractivity contribution in [3.05, 3.63) is 0 Å². The Morgan fingerprint density at radius 3 is 2.41 bits per heavy atom. The lowest BCUT2D eigenvalue weighted by molar-refractivity contribution is -0.128. The van der Waals surface area contributed by atoms with E-state index in [2.05, 4.69) is 5.32 Å². The number of aliphatic hydroxyl groups is 1. The van der Waals surface area contributed by atoms with Gasteiger partial charge in [0.2, 0.25) is 5.91 Å². The summed E-state index contributed by atoms with van der Waals surface area (Å²) in [6.07, 6.45) is 5.41. The highest BCUT2D eigenvalue weighted by Gasteiger charge is 2.36. The molecule has 100 valence electrons. The highest BCUT2D eigenvalue weighted by atomic mass is 16.3. The first-order valence-electron chi connectivity index (χ1n) is 6.70.